The maximum atomic E-state index is 12.9. The highest BCUT2D eigenvalue weighted by molar-refractivity contribution is 7.89. The lowest BCUT2D eigenvalue weighted by Gasteiger charge is -2.28. The molecule has 1 aromatic carbocycles. The summed E-state index contributed by atoms with van der Waals surface area (Å²) >= 11 is 0. The van der Waals surface area contributed by atoms with Crippen LogP contribution in [0, 0.1) is 5.41 Å². The van der Waals surface area contributed by atoms with E-state index in [-0.39, 0.29) is 17.3 Å². The maximum Gasteiger partial charge on any atom is 0.243 e. The SMILES string of the molecule is CCC(C)(C)C(=O)N1CCc2cc(S(=O)(=O)N(C)Cc3ccco3)ccc21. The van der Waals surface area contributed by atoms with Gasteiger partial charge in [0.15, 0.2) is 0 Å². The summed E-state index contributed by atoms with van der Waals surface area (Å²) in [6, 6.07) is 8.49. The summed E-state index contributed by atoms with van der Waals surface area (Å²) in [6.07, 6.45) is 2.93. The summed E-state index contributed by atoms with van der Waals surface area (Å²) in [6.45, 7) is 6.63. The molecular weight excluding hydrogens is 364 g/mol. The largest absolute Gasteiger partial charge is 0.468 e. The monoisotopic (exact) mass is 390 g/mol. The number of amides is 1. The zero-order valence-electron chi connectivity index (χ0n) is 16.2. The predicted molar refractivity (Wildman–Crippen MR) is 104 cm³/mol. The normalized spacial score (nSPS) is 14.6. The third-order valence-electron chi connectivity index (χ3n) is 5.32. The number of benzene rings is 1. The number of carbonyl (C=O) groups is 1. The van der Waals surface area contributed by atoms with E-state index in [4.69, 9.17) is 4.42 Å². The number of furan rings is 1. The van der Waals surface area contributed by atoms with Crippen molar-refractivity contribution in [2.75, 3.05) is 18.5 Å². The van der Waals surface area contributed by atoms with Crippen molar-refractivity contribution in [3.8, 4) is 0 Å². The first-order valence-corrected chi connectivity index (χ1v) is 10.5. The topological polar surface area (TPSA) is 70.8 Å². The van der Waals surface area contributed by atoms with Crippen LogP contribution in [0.2, 0.25) is 0 Å². The van der Waals surface area contributed by atoms with Crippen LogP contribution in [0.3, 0.4) is 0 Å². The zero-order valence-corrected chi connectivity index (χ0v) is 17.0. The van der Waals surface area contributed by atoms with Gasteiger partial charge in [-0.15, -0.1) is 0 Å². The number of hydrogen-bond donors (Lipinski definition) is 0. The van der Waals surface area contributed by atoms with Crippen LogP contribution in [0.25, 0.3) is 0 Å². The van der Waals surface area contributed by atoms with E-state index in [9.17, 15) is 13.2 Å². The fourth-order valence-corrected chi connectivity index (χ4v) is 4.34. The molecule has 2 aromatic rings. The molecule has 0 aliphatic carbocycles. The third-order valence-corrected chi connectivity index (χ3v) is 7.12. The van der Waals surface area contributed by atoms with Gasteiger partial charge in [-0.05, 0) is 48.7 Å². The van der Waals surface area contributed by atoms with Crippen molar-refractivity contribution in [1.29, 1.82) is 0 Å². The van der Waals surface area contributed by atoms with E-state index in [0.29, 0.717) is 18.7 Å². The molecule has 7 heteroatoms. The second-order valence-corrected chi connectivity index (χ2v) is 9.62. The summed E-state index contributed by atoms with van der Waals surface area (Å²) < 4.78 is 32.3. The number of rotatable bonds is 6. The Kier molecular flexibility index (Phi) is 5.18. The Hall–Kier alpha value is -2.12. The van der Waals surface area contributed by atoms with E-state index in [0.717, 1.165) is 17.7 Å². The van der Waals surface area contributed by atoms with E-state index in [1.165, 1.54) is 17.6 Å². The number of anilines is 1. The van der Waals surface area contributed by atoms with E-state index in [1.54, 1.807) is 35.2 Å². The molecule has 1 amide bonds. The average molecular weight is 391 g/mol. The lowest BCUT2D eigenvalue weighted by atomic mass is 9.88. The molecule has 0 bridgehead atoms. The Labute approximate surface area is 160 Å². The molecule has 1 aliphatic rings. The van der Waals surface area contributed by atoms with Crippen LogP contribution in [0.1, 0.15) is 38.5 Å². The molecule has 0 radical (unpaired) electrons. The summed E-state index contributed by atoms with van der Waals surface area (Å²) in [5.74, 6) is 0.662. The molecule has 1 aliphatic heterocycles. The fraction of sp³-hybridized carbons (Fsp3) is 0.450. The molecule has 146 valence electrons. The molecule has 0 saturated heterocycles. The van der Waals surface area contributed by atoms with Crippen molar-refractivity contribution in [1.82, 2.24) is 4.31 Å². The van der Waals surface area contributed by atoms with Crippen LogP contribution in [-0.2, 0) is 27.8 Å². The minimum absolute atomic E-state index is 0.0781. The van der Waals surface area contributed by atoms with Crippen molar-refractivity contribution in [3.05, 3.63) is 47.9 Å². The molecule has 0 spiro atoms. The number of sulfonamides is 1. The van der Waals surface area contributed by atoms with Gasteiger partial charge in [-0.2, -0.15) is 4.31 Å². The molecule has 6 nitrogen and oxygen atoms in total. The van der Waals surface area contributed by atoms with Crippen LogP contribution in [-0.4, -0.2) is 32.2 Å². The van der Waals surface area contributed by atoms with Crippen molar-refractivity contribution >= 4 is 21.6 Å². The smallest absolute Gasteiger partial charge is 0.243 e. The number of hydrogen-bond acceptors (Lipinski definition) is 4. The second kappa shape index (κ2) is 7.13. The quantitative estimate of drug-likeness (QED) is 0.758. The Morgan fingerprint density at radius 1 is 1.30 bits per heavy atom. The van der Waals surface area contributed by atoms with Gasteiger partial charge in [0.1, 0.15) is 5.76 Å². The van der Waals surface area contributed by atoms with Crippen LogP contribution in [0.4, 0.5) is 5.69 Å². The standard InChI is InChI=1S/C20H26N2O4S/c1-5-20(2,3)19(23)22-11-10-15-13-17(8-9-18(15)22)27(24,25)21(4)14-16-7-6-12-26-16/h6-9,12-13H,5,10-11,14H2,1-4H3. The van der Waals surface area contributed by atoms with E-state index in [1.807, 2.05) is 20.8 Å². The number of fused-ring (bicyclic) bond motifs is 1. The van der Waals surface area contributed by atoms with Gasteiger partial charge in [-0.25, -0.2) is 8.42 Å². The molecule has 0 saturated carbocycles. The van der Waals surface area contributed by atoms with Crippen LogP contribution in [0.5, 0.6) is 0 Å². The lowest BCUT2D eigenvalue weighted by molar-refractivity contribution is -0.126. The highest BCUT2D eigenvalue weighted by atomic mass is 32.2. The summed E-state index contributed by atoms with van der Waals surface area (Å²) in [5.41, 5.74) is 1.27. The molecule has 2 heterocycles. The Bertz CT molecular complexity index is 933. The second-order valence-electron chi connectivity index (χ2n) is 7.58. The zero-order chi connectivity index (χ0) is 19.8. The van der Waals surface area contributed by atoms with E-state index in [2.05, 4.69) is 0 Å². The first-order chi connectivity index (χ1) is 12.7. The lowest BCUT2D eigenvalue weighted by Crippen LogP contribution is -2.39. The van der Waals surface area contributed by atoms with Crippen LogP contribution in [0.15, 0.2) is 45.9 Å². The highest BCUT2D eigenvalue weighted by Gasteiger charge is 2.35. The molecule has 0 fully saturated rings. The molecular formula is C20H26N2O4S. The fourth-order valence-electron chi connectivity index (χ4n) is 3.15. The molecule has 0 atom stereocenters. The van der Waals surface area contributed by atoms with Gasteiger partial charge < -0.3 is 9.32 Å². The third kappa shape index (κ3) is 3.66. The Balaban J connectivity index is 1.85. The van der Waals surface area contributed by atoms with Crippen molar-refractivity contribution in [2.24, 2.45) is 5.41 Å². The van der Waals surface area contributed by atoms with Crippen LogP contribution >= 0.6 is 0 Å². The van der Waals surface area contributed by atoms with Gasteiger partial charge in [-0.1, -0.05) is 20.8 Å². The Morgan fingerprint density at radius 3 is 2.67 bits per heavy atom. The minimum Gasteiger partial charge on any atom is -0.468 e. The van der Waals surface area contributed by atoms with Gasteiger partial charge in [0, 0.05) is 24.7 Å². The van der Waals surface area contributed by atoms with Crippen molar-refractivity contribution in [2.45, 2.75) is 45.1 Å². The molecule has 0 N–H and O–H groups in total. The first kappa shape index (κ1) is 19.6. The summed E-state index contributed by atoms with van der Waals surface area (Å²) in [4.78, 5) is 14.8. The van der Waals surface area contributed by atoms with Crippen molar-refractivity contribution < 1.29 is 17.6 Å². The average Bonchev–Trinajstić information content (AvgIpc) is 3.29. The number of carbonyl (C=O) groups excluding carboxylic acids is 1. The van der Waals surface area contributed by atoms with E-state index >= 15 is 0 Å². The highest BCUT2D eigenvalue weighted by Crippen LogP contribution is 2.35. The number of nitrogens with zero attached hydrogens (tertiary/aromatic N) is 2. The van der Waals surface area contributed by atoms with Gasteiger partial charge in [0.25, 0.3) is 0 Å². The van der Waals surface area contributed by atoms with Crippen LogP contribution < -0.4 is 4.90 Å². The van der Waals surface area contributed by atoms with Gasteiger partial charge in [0.05, 0.1) is 17.7 Å². The van der Waals surface area contributed by atoms with Gasteiger partial charge >= 0.3 is 0 Å². The molecule has 27 heavy (non-hydrogen) atoms. The Morgan fingerprint density at radius 2 is 2.04 bits per heavy atom. The maximum absolute atomic E-state index is 12.9. The van der Waals surface area contributed by atoms with E-state index < -0.39 is 15.4 Å². The van der Waals surface area contributed by atoms with Gasteiger partial charge in [-0.3, -0.25) is 4.79 Å². The minimum atomic E-state index is -3.64. The van der Waals surface area contributed by atoms with Crippen molar-refractivity contribution in [3.63, 3.8) is 0 Å². The molecule has 1 aromatic heterocycles. The summed E-state index contributed by atoms with van der Waals surface area (Å²) in [7, 11) is -2.11. The predicted octanol–water partition coefficient (Wildman–Crippen LogP) is 3.43. The molecule has 3 rings (SSSR count). The summed E-state index contributed by atoms with van der Waals surface area (Å²) in [5, 5.41) is 0. The molecule has 0 unspecified atom stereocenters. The van der Waals surface area contributed by atoms with Gasteiger partial charge in [0.2, 0.25) is 15.9 Å². The first-order valence-electron chi connectivity index (χ1n) is 9.10.